The maximum absolute atomic E-state index is 12.0. The van der Waals surface area contributed by atoms with Crippen LogP contribution in [0.3, 0.4) is 0 Å². The monoisotopic (exact) mass is 279 g/mol. The molecule has 0 heterocycles. The van der Waals surface area contributed by atoms with Crippen LogP contribution in [0.5, 0.6) is 0 Å². The van der Waals surface area contributed by atoms with Crippen LogP contribution in [0.1, 0.15) is 24.5 Å². The average Bonchev–Trinajstić information content (AvgIpc) is 2.44. The van der Waals surface area contributed by atoms with E-state index in [1.54, 1.807) is 43.1 Å². The Morgan fingerprint density at radius 3 is 2.50 bits per heavy atom. The molecule has 0 aliphatic rings. The van der Waals surface area contributed by atoms with E-state index < -0.39 is 6.10 Å². The lowest BCUT2D eigenvalue weighted by atomic mass is 10.1. The van der Waals surface area contributed by atoms with Crippen LogP contribution in [0.15, 0.2) is 29.4 Å². The quantitative estimate of drug-likeness (QED) is 0.306. The van der Waals surface area contributed by atoms with E-state index >= 15 is 0 Å². The van der Waals surface area contributed by atoms with Crippen LogP contribution in [0.2, 0.25) is 0 Å². The van der Waals surface area contributed by atoms with Crippen LogP contribution >= 0.6 is 0 Å². The second-order valence-electron chi connectivity index (χ2n) is 4.81. The molecule has 0 saturated heterocycles. The van der Waals surface area contributed by atoms with Crippen LogP contribution in [0, 0.1) is 0 Å². The summed E-state index contributed by atoms with van der Waals surface area (Å²) in [6.45, 7) is 2.23. The first kappa shape index (κ1) is 16.0. The molecule has 110 valence electrons. The van der Waals surface area contributed by atoms with Gasteiger partial charge in [0.05, 0.1) is 12.5 Å². The topological polar surface area (TPSA) is 99.2 Å². The molecule has 0 fully saturated rings. The van der Waals surface area contributed by atoms with Gasteiger partial charge in [-0.15, -0.1) is 0 Å². The van der Waals surface area contributed by atoms with Crippen LogP contribution in [0.25, 0.3) is 0 Å². The van der Waals surface area contributed by atoms with E-state index in [2.05, 4.69) is 5.16 Å². The minimum absolute atomic E-state index is 0.0119. The smallest absolute Gasteiger partial charge is 0.226 e. The molecular weight excluding hydrogens is 258 g/mol. The Morgan fingerprint density at radius 2 is 2.00 bits per heavy atom. The van der Waals surface area contributed by atoms with Crippen LogP contribution in [-0.2, 0) is 11.2 Å². The van der Waals surface area contributed by atoms with Crippen molar-refractivity contribution in [2.24, 2.45) is 10.9 Å². The van der Waals surface area contributed by atoms with Crippen molar-refractivity contribution in [1.82, 2.24) is 4.90 Å². The first-order chi connectivity index (χ1) is 9.43. The van der Waals surface area contributed by atoms with Gasteiger partial charge in [0.25, 0.3) is 0 Å². The lowest BCUT2D eigenvalue weighted by Crippen LogP contribution is -2.30. The maximum atomic E-state index is 12.0. The highest BCUT2D eigenvalue weighted by molar-refractivity contribution is 5.97. The summed E-state index contributed by atoms with van der Waals surface area (Å²) in [5.41, 5.74) is 6.92. The van der Waals surface area contributed by atoms with Gasteiger partial charge in [-0.25, -0.2) is 0 Å². The summed E-state index contributed by atoms with van der Waals surface area (Å²) >= 11 is 0. The van der Waals surface area contributed by atoms with Crippen molar-refractivity contribution < 1.29 is 15.1 Å². The van der Waals surface area contributed by atoms with E-state index in [0.29, 0.717) is 18.5 Å². The lowest BCUT2D eigenvalue weighted by Gasteiger charge is -2.18. The van der Waals surface area contributed by atoms with Gasteiger partial charge in [-0.1, -0.05) is 29.4 Å². The Hall–Kier alpha value is -2.08. The van der Waals surface area contributed by atoms with Gasteiger partial charge in [0.2, 0.25) is 5.91 Å². The number of carbonyl (C=O) groups excluding carboxylic acids is 1. The number of nitrogens with zero attached hydrogens (tertiary/aromatic N) is 2. The van der Waals surface area contributed by atoms with Gasteiger partial charge in [0.1, 0.15) is 0 Å². The Kier molecular flexibility index (Phi) is 5.99. The number of hydrogen-bond donors (Lipinski definition) is 3. The molecule has 20 heavy (non-hydrogen) atoms. The second-order valence-corrected chi connectivity index (χ2v) is 4.81. The molecule has 0 aliphatic carbocycles. The Labute approximate surface area is 118 Å². The molecule has 1 rings (SSSR count). The molecule has 1 amide bonds. The second kappa shape index (κ2) is 7.49. The third-order valence-corrected chi connectivity index (χ3v) is 3.02. The number of carbonyl (C=O) groups is 1. The van der Waals surface area contributed by atoms with Crippen molar-refractivity contribution >= 4 is 11.7 Å². The minimum Gasteiger partial charge on any atom is -0.409 e. The normalized spacial score (nSPS) is 13.1. The van der Waals surface area contributed by atoms with Gasteiger partial charge < -0.3 is 20.9 Å². The largest absolute Gasteiger partial charge is 0.409 e. The number of aliphatic hydroxyl groups excluding tert-OH is 1. The van der Waals surface area contributed by atoms with Gasteiger partial charge in [-0.05, 0) is 18.9 Å². The summed E-state index contributed by atoms with van der Waals surface area (Å²) in [4.78, 5) is 13.6. The first-order valence-electron chi connectivity index (χ1n) is 6.43. The van der Waals surface area contributed by atoms with Gasteiger partial charge in [0.15, 0.2) is 5.84 Å². The fraction of sp³-hybridized carbons (Fsp3) is 0.429. The van der Waals surface area contributed by atoms with Crippen molar-refractivity contribution in [3.63, 3.8) is 0 Å². The zero-order valence-electron chi connectivity index (χ0n) is 11.8. The molecule has 4 N–H and O–H groups in total. The maximum Gasteiger partial charge on any atom is 0.226 e. The number of likely N-dealkylation sites (N-methyl/N-ethyl adjacent to an activating group) is 1. The van der Waals surface area contributed by atoms with E-state index in [1.165, 1.54) is 0 Å². The van der Waals surface area contributed by atoms with E-state index in [-0.39, 0.29) is 18.2 Å². The number of benzene rings is 1. The SMILES string of the molecule is CC(O)CCN(C)C(=O)Cc1ccc(/C(N)=N/O)cc1. The van der Waals surface area contributed by atoms with Gasteiger partial charge >= 0.3 is 0 Å². The third-order valence-electron chi connectivity index (χ3n) is 3.02. The number of rotatable bonds is 6. The van der Waals surface area contributed by atoms with Gasteiger partial charge in [-0.2, -0.15) is 0 Å². The molecule has 1 unspecified atom stereocenters. The molecule has 0 radical (unpaired) electrons. The summed E-state index contributed by atoms with van der Waals surface area (Å²) in [7, 11) is 1.72. The van der Waals surface area contributed by atoms with Gasteiger partial charge in [0, 0.05) is 19.2 Å². The highest BCUT2D eigenvalue weighted by Crippen LogP contribution is 2.07. The Bertz CT molecular complexity index is 469. The highest BCUT2D eigenvalue weighted by atomic mass is 16.4. The number of nitrogens with two attached hydrogens (primary N) is 1. The zero-order valence-corrected chi connectivity index (χ0v) is 11.8. The standard InChI is InChI=1S/C14H21N3O3/c1-10(18)7-8-17(2)13(19)9-11-3-5-12(6-4-11)14(15)16-20/h3-6,10,18,20H,7-9H2,1-2H3,(H2,15,16). The molecule has 0 bridgehead atoms. The molecule has 0 aliphatic heterocycles. The molecule has 0 spiro atoms. The van der Waals surface area contributed by atoms with Crippen LogP contribution in [0.4, 0.5) is 0 Å². The highest BCUT2D eigenvalue weighted by Gasteiger charge is 2.10. The predicted molar refractivity (Wildman–Crippen MR) is 76.6 cm³/mol. The number of aliphatic hydroxyl groups is 1. The number of amidine groups is 1. The van der Waals surface area contributed by atoms with Crippen molar-refractivity contribution in [2.45, 2.75) is 25.9 Å². The molecule has 0 aromatic heterocycles. The van der Waals surface area contributed by atoms with E-state index in [0.717, 1.165) is 5.56 Å². The molecule has 6 heteroatoms. The number of hydrogen-bond acceptors (Lipinski definition) is 4. The zero-order chi connectivity index (χ0) is 15.1. The summed E-state index contributed by atoms with van der Waals surface area (Å²) in [5.74, 6) is 0.0270. The van der Waals surface area contributed by atoms with Crippen molar-refractivity contribution in [3.05, 3.63) is 35.4 Å². The Balaban J connectivity index is 2.58. The van der Waals surface area contributed by atoms with Crippen LogP contribution < -0.4 is 5.73 Å². The van der Waals surface area contributed by atoms with Crippen molar-refractivity contribution in [3.8, 4) is 0 Å². The molecule has 1 aromatic rings. The summed E-state index contributed by atoms with van der Waals surface area (Å²) in [6, 6.07) is 6.95. The van der Waals surface area contributed by atoms with Crippen molar-refractivity contribution in [1.29, 1.82) is 0 Å². The molecule has 0 saturated carbocycles. The number of oxime groups is 1. The summed E-state index contributed by atoms with van der Waals surface area (Å²) in [6.07, 6.45) is 0.433. The lowest BCUT2D eigenvalue weighted by molar-refractivity contribution is -0.129. The molecule has 6 nitrogen and oxygen atoms in total. The third kappa shape index (κ3) is 4.89. The summed E-state index contributed by atoms with van der Waals surface area (Å²) < 4.78 is 0. The van der Waals surface area contributed by atoms with Crippen LogP contribution in [-0.4, -0.2) is 46.7 Å². The Morgan fingerprint density at radius 1 is 1.40 bits per heavy atom. The average molecular weight is 279 g/mol. The minimum atomic E-state index is -0.412. The molecule has 1 aromatic carbocycles. The molecular formula is C14H21N3O3. The number of amides is 1. The fourth-order valence-electron chi connectivity index (χ4n) is 1.67. The van der Waals surface area contributed by atoms with E-state index in [4.69, 9.17) is 10.9 Å². The van der Waals surface area contributed by atoms with Crippen molar-refractivity contribution in [2.75, 3.05) is 13.6 Å². The first-order valence-corrected chi connectivity index (χ1v) is 6.43. The van der Waals surface area contributed by atoms with E-state index in [9.17, 15) is 9.90 Å². The molecule has 1 atom stereocenters. The predicted octanol–water partition coefficient (Wildman–Crippen LogP) is 0.553. The van der Waals surface area contributed by atoms with Gasteiger partial charge in [-0.3, -0.25) is 4.79 Å². The fourth-order valence-corrected chi connectivity index (χ4v) is 1.67. The van der Waals surface area contributed by atoms with E-state index in [1.807, 2.05) is 0 Å². The summed E-state index contributed by atoms with van der Waals surface area (Å²) in [5, 5.41) is 20.7.